The van der Waals surface area contributed by atoms with Crippen LogP contribution in [0.1, 0.15) is 32.6 Å². The lowest BCUT2D eigenvalue weighted by atomic mass is 9.91. The van der Waals surface area contributed by atoms with E-state index >= 15 is 0 Å². The molecule has 31 heavy (non-hydrogen) atoms. The standard InChI is InChI=1S/C22H28ClN7O/c1-22(24)6-8-29(9-7-22)16-2-3-19-17(12-26-30(19)14-16)20-18(23)13-25-21(28-20)27-15-4-10-31-11-5-15/h2-3,12-15H,4-11,24H2,1H3,(H,25,27,28). The second-order valence-corrected chi connectivity index (χ2v) is 9.24. The molecular formula is C22H28ClN7O. The second-order valence-electron chi connectivity index (χ2n) is 8.84. The summed E-state index contributed by atoms with van der Waals surface area (Å²) in [5, 5.41) is 8.50. The highest BCUT2D eigenvalue weighted by atomic mass is 35.5. The van der Waals surface area contributed by atoms with Crippen LogP contribution in [0.15, 0.2) is 30.7 Å². The summed E-state index contributed by atoms with van der Waals surface area (Å²) in [5.41, 5.74) is 9.90. The van der Waals surface area contributed by atoms with Crippen molar-refractivity contribution in [3.8, 4) is 11.3 Å². The van der Waals surface area contributed by atoms with Gasteiger partial charge in [0.25, 0.3) is 0 Å². The summed E-state index contributed by atoms with van der Waals surface area (Å²) in [4.78, 5) is 11.4. The van der Waals surface area contributed by atoms with Gasteiger partial charge in [0.1, 0.15) is 0 Å². The molecule has 8 nitrogen and oxygen atoms in total. The fraction of sp³-hybridized carbons (Fsp3) is 0.500. The van der Waals surface area contributed by atoms with Crippen molar-refractivity contribution in [3.05, 3.63) is 35.7 Å². The number of pyridine rings is 1. The lowest BCUT2D eigenvalue weighted by Gasteiger charge is -2.37. The molecule has 0 saturated carbocycles. The third kappa shape index (κ3) is 4.33. The maximum Gasteiger partial charge on any atom is 0.223 e. The van der Waals surface area contributed by atoms with Crippen LogP contribution in [0.3, 0.4) is 0 Å². The van der Waals surface area contributed by atoms with Gasteiger partial charge in [-0.3, -0.25) is 0 Å². The van der Waals surface area contributed by atoms with E-state index in [4.69, 9.17) is 27.1 Å². The Morgan fingerprint density at radius 3 is 2.74 bits per heavy atom. The highest BCUT2D eigenvalue weighted by Gasteiger charge is 2.26. The molecule has 0 aromatic carbocycles. The monoisotopic (exact) mass is 441 g/mol. The van der Waals surface area contributed by atoms with E-state index in [0.29, 0.717) is 22.7 Å². The number of ether oxygens (including phenoxy) is 1. The highest BCUT2D eigenvalue weighted by molar-refractivity contribution is 6.33. The lowest BCUT2D eigenvalue weighted by Crippen LogP contribution is -2.48. The molecule has 0 unspecified atom stereocenters. The van der Waals surface area contributed by atoms with Gasteiger partial charge in [0.15, 0.2) is 0 Å². The average molecular weight is 442 g/mol. The van der Waals surface area contributed by atoms with Crippen LogP contribution < -0.4 is 16.0 Å². The molecule has 2 aliphatic heterocycles. The number of nitrogens with zero attached hydrogens (tertiary/aromatic N) is 5. The van der Waals surface area contributed by atoms with E-state index in [1.807, 2.05) is 10.7 Å². The molecule has 0 atom stereocenters. The molecule has 0 bridgehead atoms. The van der Waals surface area contributed by atoms with Gasteiger partial charge in [0.05, 0.1) is 40.5 Å². The van der Waals surface area contributed by atoms with Crippen molar-refractivity contribution in [1.29, 1.82) is 0 Å². The third-order valence-corrected chi connectivity index (χ3v) is 6.60. The number of nitrogens with two attached hydrogens (primary N) is 1. The minimum Gasteiger partial charge on any atom is -0.381 e. The number of rotatable bonds is 4. The summed E-state index contributed by atoms with van der Waals surface area (Å²) in [5.74, 6) is 0.584. The molecule has 5 rings (SSSR count). The molecule has 0 amide bonds. The quantitative estimate of drug-likeness (QED) is 0.641. The molecule has 0 radical (unpaired) electrons. The summed E-state index contributed by atoms with van der Waals surface area (Å²) in [6.45, 7) is 5.55. The van der Waals surface area contributed by atoms with Crippen molar-refractivity contribution in [2.45, 2.75) is 44.2 Å². The molecule has 164 valence electrons. The van der Waals surface area contributed by atoms with Gasteiger partial charge in [-0.25, -0.2) is 14.5 Å². The number of aromatic nitrogens is 4. The maximum absolute atomic E-state index is 6.48. The number of hydrogen-bond acceptors (Lipinski definition) is 7. The zero-order valence-corrected chi connectivity index (χ0v) is 18.5. The number of nitrogens with one attached hydrogen (secondary N) is 1. The van der Waals surface area contributed by atoms with Crippen molar-refractivity contribution in [2.24, 2.45) is 5.73 Å². The fourth-order valence-corrected chi connectivity index (χ4v) is 4.46. The molecule has 3 aromatic rings. The SMILES string of the molecule is CC1(N)CCN(c2ccc3c(-c4nc(NC5CCOCC5)ncc4Cl)cnn3c2)CC1. The number of halogens is 1. The Balaban J connectivity index is 1.41. The van der Waals surface area contributed by atoms with E-state index in [0.717, 1.165) is 68.8 Å². The Morgan fingerprint density at radius 1 is 1.19 bits per heavy atom. The molecule has 0 spiro atoms. The molecule has 2 fully saturated rings. The van der Waals surface area contributed by atoms with Gasteiger partial charge < -0.3 is 20.7 Å². The molecule has 0 aliphatic carbocycles. The van der Waals surface area contributed by atoms with E-state index in [1.165, 1.54) is 0 Å². The van der Waals surface area contributed by atoms with E-state index in [1.54, 1.807) is 6.20 Å². The fourth-order valence-electron chi connectivity index (χ4n) is 4.27. The maximum atomic E-state index is 6.48. The topological polar surface area (TPSA) is 93.6 Å². The molecule has 2 aliphatic rings. The van der Waals surface area contributed by atoms with Crippen LogP contribution in [-0.2, 0) is 4.74 Å². The van der Waals surface area contributed by atoms with Gasteiger partial charge in [0.2, 0.25) is 5.95 Å². The summed E-state index contributed by atoms with van der Waals surface area (Å²) >= 11 is 6.48. The van der Waals surface area contributed by atoms with Crippen LogP contribution in [0, 0.1) is 0 Å². The number of fused-ring (bicyclic) bond motifs is 1. The van der Waals surface area contributed by atoms with Crippen LogP contribution in [0.2, 0.25) is 5.02 Å². The van der Waals surface area contributed by atoms with Crippen molar-refractivity contribution in [3.63, 3.8) is 0 Å². The van der Waals surface area contributed by atoms with Gasteiger partial charge in [0, 0.05) is 43.4 Å². The van der Waals surface area contributed by atoms with Gasteiger partial charge in [-0.05, 0) is 44.7 Å². The predicted octanol–water partition coefficient (Wildman–Crippen LogP) is 3.35. The molecule has 9 heteroatoms. The van der Waals surface area contributed by atoms with E-state index in [-0.39, 0.29) is 5.54 Å². The van der Waals surface area contributed by atoms with Crippen LogP contribution in [0.25, 0.3) is 16.8 Å². The number of hydrogen-bond donors (Lipinski definition) is 2. The molecular weight excluding hydrogens is 414 g/mol. The van der Waals surface area contributed by atoms with Crippen molar-refractivity contribution in [1.82, 2.24) is 19.6 Å². The second kappa shape index (κ2) is 8.26. The summed E-state index contributed by atoms with van der Waals surface area (Å²) in [6.07, 6.45) is 9.39. The van der Waals surface area contributed by atoms with Crippen molar-refractivity contribution in [2.75, 3.05) is 36.5 Å². The lowest BCUT2D eigenvalue weighted by molar-refractivity contribution is 0.0903. The number of piperidine rings is 1. The predicted molar refractivity (Wildman–Crippen MR) is 123 cm³/mol. The Hall–Kier alpha value is -2.42. The van der Waals surface area contributed by atoms with Gasteiger partial charge in [-0.2, -0.15) is 5.10 Å². The summed E-state index contributed by atoms with van der Waals surface area (Å²) in [6, 6.07) is 4.53. The molecule has 5 heterocycles. The Kier molecular flexibility index (Phi) is 5.45. The van der Waals surface area contributed by atoms with Crippen LogP contribution in [0.5, 0.6) is 0 Å². The Bertz CT molecular complexity index is 1070. The molecule has 2 saturated heterocycles. The normalized spacial score (nSPS) is 19.6. The van der Waals surface area contributed by atoms with Crippen molar-refractivity contribution >= 4 is 28.8 Å². The van der Waals surface area contributed by atoms with E-state index in [9.17, 15) is 0 Å². The van der Waals surface area contributed by atoms with E-state index < -0.39 is 0 Å². The van der Waals surface area contributed by atoms with Crippen LogP contribution >= 0.6 is 11.6 Å². The first-order chi connectivity index (χ1) is 15.0. The third-order valence-electron chi connectivity index (χ3n) is 6.33. The smallest absolute Gasteiger partial charge is 0.223 e. The summed E-state index contributed by atoms with van der Waals surface area (Å²) in [7, 11) is 0. The minimum atomic E-state index is -0.0698. The average Bonchev–Trinajstić information content (AvgIpc) is 3.19. The minimum absolute atomic E-state index is 0.0698. The highest BCUT2D eigenvalue weighted by Crippen LogP contribution is 2.32. The largest absolute Gasteiger partial charge is 0.381 e. The Morgan fingerprint density at radius 2 is 1.97 bits per heavy atom. The number of anilines is 2. The first-order valence-electron chi connectivity index (χ1n) is 10.9. The van der Waals surface area contributed by atoms with Crippen LogP contribution in [-0.4, -0.2) is 57.5 Å². The van der Waals surface area contributed by atoms with Gasteiger partial charge >= 0.3 is 0 Å². The zero-order valence-electron chi connectivity index (χ0n) is 17.7. The summed E-state index contributed by atoms with van der Waals surface area (Å²) < 4.78 is 7.32. The van der Waals surface area contributed by atoms with Crippen molar-refractivity contribution < 1.29 is 4.74 Å². The Labute approximate surface area is 186 Å². The zero-order chi connectivity index (χ0) is 21.4. The van der Waals surface area contributed by atoms with E-state index in [2.05, 4.69) is 45.6 Å². The van der Waals surface area contributed by atoms with Gasteiger partial charge in [-0.15, -0.1) is 0 Å². The molecule has 3 aromatic heterocycles. The first-order valence-corrected chi connectivity index (χ1v) is 11.2. The van der Waals surface area contributed by atoms with Gasteiger partial charge in [-0.1, -0.05) is 11.6 Å². The van der Waals surface area contributed by atoms with Crippen LogP contribution in [0.4, 0.5) is 11.6 Å². The first kappa shape index (κ1) is 20.5. The molecule has 3 N–H and O–H groups in total.